The smallest absolute Gasteiger partial charge is 0.257 e. The van der Waals surface area contributed by atoms with E-state index in [-0.39, 0.29) is 5.91 Å². The molecule has 100 valence electrons. The van der Waals surface area contributed by atoms with Crippen molar-refractivity contribution in [3.05, 3.63) is 17.0 Å². The van der Waals surface area contributed by atoms with Crippen LogP contribution in [0.5, 0.6) is 0 Å². The number of nitrogens with zero attached hydrogens (tertiary/aromatic N) is 3. The summed E-state index contributed by atoms with van der Waals surface area (Å²) < 4.78 is 0. The van der Waals surface area contributed by atoms with E-state index in [2.05, 4.69) is 22.1 Å². The molecule has 1 N–H and O–H groups in total. The third-order valence-electron chi connectivity index (χ3n) is 3.90. The van der Waals surface area contributed by atoms with Crippen molar-refractivity contribution < 1.29 is 4.79 Å². The Morgan fingerprint density at radius 3 is 2.50 bits per heavy atom. The lowest BCUT2D eigenvalue weighted by Crippen LogP contribution is -2.44. The average molecular weight is 250 g/mol. The number of aryl methyl sites for hydroxylation is 2. The molecule has 0 unspecified atom stereocenters. The molecule has 0 aliphatic carbocycles. The van der Waals surface area contributed by atoms with Gasteiger partial charge in [-0.2, -0.15) is 5.10 Å². The number of aromatic nitrogens is 2. The first-order valence-corrected chi connectivity index (χ1v) is 6.48. The minimum atomic E-state index is 0.0910. The zero-order valence-corrected chi connectivity index (χ0v) is 11.7. The van der Waals surface area contributed by atoms with Crippen molar-refractivity contribution in [3.63, 3.8) is 0 Å². The second kappa shape index (κ2) is 5.10. The minimum absolute atomic E-state index is 0.0910. The fraction of sp³-hybridized carbons (Fsp3) is 0.692. The van der Waals surface area contributed by atoms with Crippen molar-refractivity contribution >= 4 is 5.91 Å². The molecule has 5 nitrogen and oxygen atoms in total. The lowest BCUT2D eigenvalue weighted by atomic mass is 10.0. The summed E-state index contributed by atoms with van der Waals surface area (Å²) in [5.41, 5.74) is 2.38. The van der Waals surface area contributed by atoms with E-state index >= 15 is 0 Å². The number of rotatable bonds is 2. The first-order valence-electron chi connectivity index (χ1n) is 6.48. The summed E-state index contributed by atoms with van der Waals surface area (Å²) in [6.07, 6.45) is 2.10. The van der Waals surface area contributed by atoms with Gasteiger partial charge in [-0.05, 0) is 46.8 Å². The molecular weight excluding hydrogens is 228 g/mol. The van der Waals surface area contributed by atoms with E-state index in [0.29, 0.717) is 6.04 Å². The van der Waals surface area contributed by atoms with Crippen LogP contribution in [0.3, 0.4) is 0 Å². The topological polar surface area (TPSA) is 52.2 Å². The highest BCUT2D eigenvalue weighted by atomic mass is 16.2. The van der Waals surface area contributed by atoms with E-state index in [1.165, 1.54) is 0 Å². The van der Waals surface area contributed by atoms with Gasteiger partial charge in [0.15, 0.2) is 0 Å². The number of piperidine rings is 1. The largest absolute Gasteiger partial charge is 0.339 e. The number of aromatic amines is 1. The van der Waals surface area contributed by atoms with E-state index < -0.39 is 0 Å². The first-order chi connectivity index (χ1) is 8.50. The summed E-state index contributed by atoms with van der Waals surface area (Å²) in [4.78, 5) is 16.7. The highest BCUT2D eigenvalue weighted by Gasteiger charge is 2.27. The normalized spacial score (nSPS) is 18.0. The summed E-state index contributed by atoms with van der Waals surface area (Å²) in [5, 5.41) is 6.97. The standard InChI is InChI=1S/C13H22N4O/c1-9-12(10(2)15-14-9)13(18)17(4)11-5-7-16(3)8-6-11/h11H,5-8H2,1-4H3,(H,14,15). The lowest BCUT2D eigenvalue weighted by Gasteiger charge is -2.35. The summed E-state index contributed by atoms with van der Waals surface area (Å²) in [5.74, 6) is 0.0910. The molecule has 0 atom stereocenters. The second-order valence-electron chi connectivity index (χ2n) is 5.26. The van der Waals surface area contributed by atoms with Gasteiger partial charge in [0.25, 0.3) is 5.91 Å². The molecule has 1 amide bonds. The molecule has 0 spiro atoms. The van der Waals surface area contributed by atoms with Crippen LogP contribution < -0.4 is 0 Å². The molecule has 1 aliphatic heterocycles. The van der Waals surface area contributed by atoms with Crippen LogP contribution in [0, 0.1) is 13.8 Å². The summed E-state index contributed by atoms with van der Waals surface area (Å²) in [7, 11) is 4.03. The van der Waals surface area contributed by atoms with Crippen LogP contribution in [0.15, 0.2) is 0 Å². The fourth-order valence-corrected chi connectivity index (χ4v) is 2.59. The van der Waals surface area contributed by atoms with Crippen LogP contribution in [0.1, 0.15) is 34.6 Å². The van der Waals surface area contributed by atoms with Crippen LogP contribution in [-0.2, 0) is 0 Å². The number of H-pyrrole nitrogens is 1. The van der Waals surface area contributed by atoms with Crippen molar-refractivity contribution in [2.75, 3.05) is 27.2 Å². The molecule has 1 aromatic rings. The number of carbonyl (C=O) groups is 1. The van der Waals surface area contributed by atoms with Gasteiger partial charge in [-0.15, -0.1) is 0 Å². The Morgan fingerprint density at radius 1 is 1.39 bits per heavy atom. The molecule has 0 bridgehead atoms. The first kappa shape index (κ1) is 13.1. The zero-order chi connectivity index (χ0) is 13.3. The maximum absolute atomic E-state index is 12.5. The van der Waals surface area contributed by atoms with Gasteiger partial charge in [0.2, 0.25) is 0 Å². The lowest BCUT2D eigenvalue weighted by molar-refractivity contribution is 0.0658. The SMILES string of the molecule is Cc1n[nH]c(C)c1C(=O)N(C)C1CCN(C)CC1. The zero-order valence-electron chi connectivity index (χ0n) is 11.7. The fourth-order valence-electron chi connectivity index (χ4n) is 2.59. The van der Waals surface area contributed by atoms with E-state index in [0.717, 1.165) is 42.9 Å². The Labute approximate surface area is 108 Å². The molecule has 2 rings (SSSR count). The van der Waals surface area contributed by atoms with Crippen LogP contribution in [0.4, 0.5) is 0 Å². The Bertz CT molecular complexity index is 413. The Kier molecular flexibility index (Phi) is 3.71. The third-order valence-corrected chi connectivity index (χ3v) is 3.90. The van der Waals surface area contributed by atoms with E-state index in [4.69, 9.17) is 0 Å². The number of hydrogen-bond acceptors (Lipinski definition) is 3. The predicted octanol–water partition coefficient (Wildman–Crippen LogP) is 1.19. The molecule has 18 heavy (non-hydrogen) atoms. The van der Waals surface area contributed by atoms with E-state index in [1.54, 1.807) is 0 Å². The van der Waals surface area contributed by atoms with Crippen LogP contribution in [0.2, 0.25) is 0 Å². The molecular formula is C13H22N4O. The van der Waals surface area contributed by atoms with E-state index in [1.807, 2.05) is 25.8 Å². The number of carbonyl (C=O) groups excluding carboxylic acids is 1. The van der Waals surface area contributed by atoms with Crippen LogP contribution in [0.25, 0.3) is 0 Å². The molecule has 2 heterocycles. The van der Waals surface area contributed by atoms with Crippen molar-refractivity contribution in [2.24, 2.45) is 0 Å². The van der Waals surface area contributed by atoms with Gasteiger partial charge in [-0.3, -0.25) is 9.89 Å². The van der Waals surface area contributed by atoms with Gasteiger partial charge in [0.1, 0.15) is 0 Å². The maximum atomic E-state index is 12.5. The number of nitrogens with one attached hydrogen (secondary N) is 1. The van der Waals surface area contributed by atoms with E-state index in [9.17, 15) is 4.79 Å². The number of likely N-dealkylation sites (tertiary alicyclic amines) is 1. The molecule has 0 aromatic carbocycles. The molecule has 1 aromatic heterocycles. The quantitative estimate of drug-likeness (QED) is 0.858. The third kappa shape index (κ3) is 2.41. The summed E-state index contributed by atoms with van der Waals surface area (Å²) in [6.45, 7) is 5.90. The van der Waals surface area contributed by atoms with Crippen molar-refractivity contribution in [1.29, 1.82) is 0 Å². The molecule has 5 heteroatoms. The maximum Gasteiger partial charge on any atom is 0.257 e. The summed E-state index contributed by atoms with van der Waals surface area (Å²) in [6, 6.07) is 0.349. The van der Waals surface area contributed by atoms with Gasteiger partial charge < -0.3 is 9.80 Å². The number of hydrogen-bond donors (Lipinski definition) is 1. The monoisotopic (exact) mass is 250 g/mol. The van der Waals surface area contributed by atoms with Gasteiger partial charge in [-0.25, -0.2) is 0 Å². The van der Waals surface area contributed by atoms with Crippen LogP contribution >= 0.6 is 0 Å². The predicted molar refractivity (Wildman–Crippen MR) is 70.7 cm³/mol. The average Bonchev–Trinajstić information content (AvgIpc) is 2.68. The van der Waals surface area contributed by atoms with Crippen molar-refractivity contribution in [2.45, 2.75) is 32.7 Å². The molecule has 1 fully saturated rings. The van der Waals surface area contributed by atoms with Crippen molar-refractivity contribution in [3.8, 4) is 0 Å². The van der Waals surface area contributed by atoms with Crippen LogP contribution in [-0.4, -0.2) is 59.1 Å². The van der Waals surface area contributed by atoms with Gasteiger partial charge >= 0.3 is 0 Å². The number of amides is 1. The molecule has 1 aliphatic rings. The Morgan fingerprint density at radius 2 is 2.00 bits per heavy atom. The Balaban J connectivity index is 2.09. The highest BCUT2D eigenvalue weighted by molar-refractivity contribution is 5.96. The van der Waals surface area contributed by atoms with Gasteiger partial charge in [0.05, 0.1) is 11.3 Å². The minimum Gasteiger partial charge on any atom is -0.339 e. The van der Waals surface area contributed by atoms with Gasteiger partial charge in [0, 0.05) is 18.8 Å². The molecule has 1 saturated heterocycles. The van der Waals surface area contributed by atoms with Gasteiger partial charge in [-0.1, -0.05) is 0 Å². The second-order valence-corrected chi connectivity index (χ2v) is 5.26. The Hall–Kier alpha value is -1.36. The summed E-state index contributed by atoms with van der Waals surface area (Å²) >= 11 is 0. The molecule has 0 radical (unpaired) electrons. The highest BCUT2D eigenvalue weighted by Crippen LogP contribution is 2.19. The van der Waals surface area contributed by atoms with Crippen molar-refractivity contribution in [1.82, 2.24) is 20.0 Å². The molecule has 0 saturated carbocycles.